The van der Waals surface area contributed by atoms with Gasteiger partial charge in [-0.2, -0.15) is 0 Å². The zero-order chi connectivity index (χ0) is 24.8. The lowest BCUT2D eigenvalue weighted by atomic mass is 9.47. The second kappa shape index (κ2) is 9.16. The maximum atomic E-state index is 12.5. The predicted molar refractivity (Wildman–Crippen MR) is 127 cm³/mol. The number of esters is 3. The van der Waals surface area contributed by atoms with Crippen molar-refractivity contribution >= 4 is 17.9 Å². The Bertz CT molecular complexity index is 918. The summed E-state index contributed by atoms with van der Waals surface area (Å²) in [6.45, 7) is 9.61. The van der Waals surface area contributed by atoms with Crippen LogP contribution in [0.5, 0.6) is 0 Å². The van der Waals surface area contributed by atoms with Crippen molar-refractivity contribution in [3.63, 3.8) is 0 Å². The maximum Gasteiger partial charge on any atom is 0.347 e. The van der Waals surface area contributed by atoms with Crippen LogP contribution in [-0.4, -0.2) is 37.2 Å². The van der Waals surface area contributed by atoms with E-state index in [1.54, 1.807) is 0 Å². The van der Waals surface area contributed by atoms with Crippen LogP contribution in [0.4, 0.5) is 0 Å². The standard InChI is InChI=1S/C28H40O6/c1-16(25(26(31)32-6)34-18(3)30)22-9-10-23-21-8-7-19-15-20(33-17(2)29)11-13-27(19,4)24(21)12-14-28(22,23)5/h7,9,16,20-21,23-25H,8,10-15H2,1-6H3/t16-,20+,21+,23+,24+,25-,27+,28-/m1/s1. The van der Waals surface area contributed by atoms with E-state index in [9.17, 15) is 14.4 Å². The summed E-state index contributed by atoms with van der Waals surface area (Å²) in [6, 6.07) is 0. The molecule has 0 saturated heterocycles. The molecule has 0 N–H and O–H groups in total. The SMILES string of the molecule is COC(=O)[C@H](OC(C)=O)[C@H](C)C1=CC[C@H]2[C@@H]3CC=C4C[C@@H](OC(C)=O)CC[C@]4(C)[C@H]3CC[C@]12C. The summed E-state index contributed by atoms with van der Waals surface area (Å²) >= 11 is 0. The quantitative estimate of drug-likeness (QED) is 0.312. The lowest BCUT2D eigenvalue weighted by Gasteiger charge is -2.58. The van der Waals surface area contributed by atoms with Crippen LogP contribution in [0.2, 0.25) is 0 Å². The van der Waals surface area contributed by atoms with Crippen LogP contribution < -0.4 is 0 Å². The van der Waals surface area contributed by atoms with E-state index in [0.717, 1.165) is 44.9 Å². The van der Waals surface area contributed by atoms with Gasteiger partial charge in [0.05, 0.1) is 7.11 Å². The number of hydrogen-bond acceptors (Lipinski definition) is 6. The van der Waals surface area contributed by atoms with E-state index in [1.165, 1.54) is 32.1 Å². The first-order valence-electron chi connectivity index (χ1n) is 12.8. The fourth-order valence-corrected chi connectivity index (χ4v) is 8.08. The number of carbonyl (C=O) groups excluding carboxylic acids is 3. The Hall–Kier alpha value is -2.11. The molecule has 0 aromatic carbocycles. The van der Waals surface area contributed by atoms with Crippen LogP contribution in [0.25, 0.3) is 0 Å². The first-order chi connectivity index (χ1) is 16.0. The lowest BCUT2D eigenvalue weighted by Crippen LogP contribution is -2.51. The predicted octanol–water partition coefficient (Wildman–Crippen LogP) is 5.16. The minimum absolute atomic E-state index is 0.0103. The Morgan fingerprint density at radius 3 is 2.32 bits per heavy atom. The summed E-state index contributed by atoms with van der Waals surface area (Å²) in [6.07, 6.45) is 11.0. The van der Waals surface area contributed by atoms with Gasteiger partial charge < -0.3 is 14.2 Å². The Balaban J connectivity index is 1.55. The molecule has 0 aromatic heterocycles. The molecule has 0 bridgehead atoms. The molecule has 188 valence electrons. The molecule has 4 aliphatic rings. The number of fused-ring (bicyclic) bond motifs is 5. The number of ether oxygens (including phenoxy) is 3. The second-order valence-electron chi connectivity index (χ2n) is 11.4. The Kier molecular flexibility index (Phi) is 6.73. The van der Waals surface area contributed by atoms with Crippen molar-refractivity contribution < 1.29 is 28.6 Å². The second-order valence-corrected chi connectivity index (χ2v) is 11.4. The van der Waals surface area contributed by atoms with Gasteiger partial charge in [0.1, 0.15) is 6.10 Å². The van der Waals surface area contributed by atoms with E-state index < -0.39 is 18.0 Å². The van der Waals surface area contributed by atoms with Gasteiger partial charge in [0, 0.05) is 26.2 Å². The van der Waals surface area contributed by atoms with Crippen molar-refractivity contribution in [1.29, 1.82) is 0 Å². The number of allylic oxidation sites excluding steroid dienone is 2. The molecule has 0 aliphatic heterocycles. The fraction of sp³-hybridized carbons (Fsp3) is 0.750. The third-order valence-electron chi connectivity index (χ3n) is 9.70. The lowest BCUT2D eigenvalue weighted by molar-refractivity contribution is -0.167. The molecule has 0 radical (unpaired) electrons. The van der Waals surface area contributed by atoms with E-state index in [4.69, 9.17) is 14.2 Å². The Morgan fingerprint density at radius 1 is 0.971 bits per heavy atom. The topological polar surface area (TPSA) is 78.9 Å². The largest absolute Gasteiger partial charge is 0.466 e. The van der Waals surface area contributed by atoms with Crippen molar-refractivity contribution in [2.45, 2.75) is 91.8 Å². The van der Waals surface area contributed by atoms with E-state index >= 15 is 0 Å². The Labute approximate surface area is 203 Å². The van der Waals surface area contributed by atoms with Crippen molar-refractivity contribution in [1.82, 2.24) is 0 Å². The highest BCUT2D eigenvalue weighted by atomic mass is 16.6. The molecule has 6 nitrogen and oxygen atoms in total. The summed E-state index contributed by atoms with van der Waals surface area (Å²) in [5.41, 5.74) is 2.88. The summed E-state index contributed by atoms with van der Waals surface area (Å²) < 4.78 is 16.0. The molecular formula is C28H40O6. The molecule has 0 unspecified atom stereocenters. The molecule has 6 heteroatoms. The molecule has 8 atom stereocenters. The van der Waals surface area contributed by atoms with Gasteiger partial charge >= 0.3 is 17.9 Å². The van der Waals surface area contributed by atoms with Crippen LogP contribution in [-0.2, 0) is 28.6 Å². The van der Waals surface area contributed by atoms with Gasteiger partial charge in [-0.25, -0.2) is 4.79 Å². The minimum Gasteiger partial charge on any atom is -0.466 e. The van der Waals surface area contributed by atoms with Gasteiger partial charge in [0.25, 0.3) is 0 Å². The van der Waals surface area contributed by atoms with E-state index in [-0.39, 0.29) is 28.8 Å². The van der Waals surface area contributed by atoms with E-state index in [0.29, 0.717) is 17.8 Å². The van der Waals surface area contributed by atoms with Crippen LogP contribution in [0.3, 0.4) is 0 Å². The number of methoxy groups -OCH3 is 1. The summed E-state index contributed by atoms with van der Waals surface area (Å²) in [5, 5.41) is 0. The molecule has 0 spiro atoms. The molecule has 2 saturated carbocycles. The summed E-state index contributed by atoms with van der Waals surface area (Å²) in [5.74, 6) is 0.363. The molecule has 34 heavy (non-hydrogen) atoms. The van der Waals surface area contributed by atoms with Crippen LogP contribution in [0.1, 0.15) is 79.6 Å². The summed E-state index contributed by atoms with van der Waals surface area (Å²) in [4.78, 5) is 35.7. The van der Waals surface area contributed by atoms with E-state index in [2.05, 4.69) is 26.0 Å². The van der Waals surface area contributed by atoms with Crippen molar-refractivity contribution in [3.05, 3.63) is 23.3 Å². The average Bonchev–Trinajstić information content (AvgIpc) is 3.13. The first kappa shape index (κ1) is 25.0. The third-order valence-corrected chi connectivity index (χ3v) is 9.70. The third kappa shape index (κ3) is 4.11. The molecule has 4 aliphatic carbocycles. The highest BCUT2D eigenvalue weighted by molar-refractivity contribution is 5.79. The fourth-order valence-electron chi connectivity index (χ4n) is 8.08. The van der Waals surface area contributed by atoms with Gasteiger partial charge in [-0.15, -0.1) is 0 Å². The van der Waals surface area contributed by atoms with Gasteiger partial charge in [-0.1, -0.05) is 44.1 Å². The maximum absolute atomic E-state index is 12.5. The average molecular weight is 473 g/mol. The molecule has 2 fully saturated rings. The zero-order valence-corrected chi connectivity index (χ0v) is 21.5. The number of carbonyl (C=O) groups is 3. The number of rotatable bonds is 5. The van der Waals surface area contributed by atoms with Crippen molar-refractivity contribution in [2.24, 2.45) is 34.5 Å². The number of hydrogen-bond donors (Lipinski definition) is 0. The van der Waals surface area contributed by atoms with Gasteiger partial charge in [0.2, 0.25) is 6.10 Å². The molecule has 4 rings (SSSR count). The van der Waals surface area contributed by atoms with Crippen molar-refractivity contribution in [2.75, 3.05) is 7.11 Å². The molecular weight excluding hydrogens is 432 g/mol. The van der Waals surface area contributed by atoms with Crippen LogP contribution in [0.15, 0.2) is 23.3 Å². The van der Waals surface area contributed by atoms with Crippen LogP contribution >= 0.6 is 0 Å². The Morgan fingerprint density at radius 2 is 1.68 bits per heavy atom. The monoisotopic (exact) mass is 472 g/mol. The molecule has 0 amide bonds. The zero-order valence-electron chi connectivity index (χ0n) is 21.5. The normalized spacial score (nSPS) is 38.2. The highest BCUT2D eigenvalue weighted by Crippen LogP contribution is 2.66. The van der Waals surface area contributed by atoms with E-state index in [1.807, 2.05) is 6.92 Å². The van der Waals surface area contributed by atoms with Crippen molar-refractivity contribution in [3.8, 4) is 0 Å². The van der Waals surface area contributed by atoms with Gasteiger partial charge in [-0.3, -0.25) is 9.59 Å². The van der Waals surface area contributed by atoms with Gasteiger partial charge in [-0.05, 0) is 67.1 Å². The first-order valence-corrected chi connectivity index (χ1v) is 12.8. The highest BCUT2D eigenvalue weighted by Gasteiger charge is 2.58. The molecule has 0 heterocycles. The smallest absolute Gasteiger partial charge is 0.347 e. The summed E-state index contributed by atoms with van der Waals surface area (Å²) in [7, 11) is 1.34. The van der Waals surface area contributed by atoms with Gasteiger partial charge in [0.15, 0.2) is 0 Å². The minimum atomic E-state index is -0.908. The van der Waals surface area contributed by atoms with Crippen LogP contribution in [0, 0.1) is 34.5 Å². The molecule has 0 aromatic rings.